The van der Waals surface area contributed by atoms with Crippen LogP contribution >= 0.6 is 12.2 Å². The van der Waals surface area contributed by atoms with E-state index >= 15 is 0 Å². The molecule has 5 heteroatoms. The molecule has 0 spiro atoms. The summed E-state index contributed by atoms with van der Waals surface area (Å²) in [6, 6.07) is 7.24. The second kappa shape index (κ2) is 4.71. The number of hydrogen-bond donors (Lipinski definition) is 2. The van der Waals surface area contributed by atoms with Crippen LogP contribution in [0.15, 0.2) is 24.3 Å². The lowest BCUT2D eigenvalue weighted by molar-refractivity contribution is -0.122. The number of nitrogens with one attached hydrogen (secondary N) is 1. The Labute approximate surface area is 105 Å². The zero-order valence-corrected chi connectivity index (χ0v) is 10.3. The minimum atomic E-state index is -0.301. The summed E-state index contributed by atoms with van der Waals surface area (Å²) in [6.07, 6.45) is 0. The van der Waals surface area contributed by atoms with E-state index in [0.29, 0.717) is 6.61 Å². The first-order valence-corrected chi connectivity index (χ1v) is 5.82. The Morgan fingerprint density at radius 2 is 2.29 bits per heavy atom. The highest BCUT2D eigenvalue weighted by Crippen LogP contribution is 2.33. The summed E-state index contributed by atoms with van der Waals surface area (Å²) in [7, 11) is 0. The predicted octanol–water partition coefficient (Wildman–Crippen LogP) is 0.953. The van der Waals surface area contributed by atoms with Crippen LogP contribution in [0.2, 0.25) is 0 Å². The molecule has 2 unspecified atom stereocenters. The zero-order chi connectivity index (χ0) is 12.4. The molecule has 90 valence electrons. The molecule has 1 heterocycles. The van der Waals surface area contributed by atoms with E-state index in [4.69, 9.17) is 22.7 Å². The maximum atomic E-state index is 12.0. The molecule has 1 aliphatic rings. The van der Waals surface area contributed by atoms with Crippen LogP contribution in [0.3, 0.4) is 0 Å². The third kappa shape index (κ3) is 2.39. The second-order valence-electron chi connectivity index (χ2n) is 4.03. The molecule has 2 atom stereocenters. The van der Waals surface area contributed by atoms with Crippen molar-refractivity contribution in [1.29, 1.82) is 0 Å². The van der Waals surface area contributed by atoms with Gasteiger partial charge >= 0.3 is 0 Å². The molecule has 1 aliphatic heterocycles. The van der Waals surface area contributed by atoms with Gasteiger partial charge in [-0.3, -0.25) is 4.79 Å². The van der Waals surface area contributed by atoms with Gasteiger partial charge in [-0.15, -0.1) is 0 Å². The highest BCUT2D eigenvalue weighted by atomic mass is 32.1. The smallest absolute Gasteiger partial charge is 0.231 e. The van der Waals surface area contributed by atoms with Gasteiger partial charge < -0.3 is 15.8 Å². The average Bonchev–Trinajstić information content (AvgIpc) is 2.72. The number of hydrogen-bond acceptors (Lipinski definition) is 3. The Morgan fingerprint density at radius 3 is 3.00 bits per heavy atom. The average molecular weight is 250 g/mol. The minimum absolute atomic E-state index is 0.102. The molecule has 2 rings (SSSR count). The highest BCUT2D eigenvalue weighted by Gasteiger charge is 2.30. The van der Waals surface area contributed by atoms with Crippen LogP contribution in [0.1, 0.15) is 18.4 Å². The van der Waals surface area contributed by atoms with E-state index in [-0.39, 0.29) is 22.9 Å². The van der Waals surface area contributed by atoms with E-state index in [0.717, 1.165) is 11.3 Å². The number of carbonyl (C=O) groups excluding carboxylic acids is 1. The topological polar surface area (TPSA) is 64.3 Å². The molecule has 0 bridgehead atoms. The van der Waals surface area contributed by atoms with Crippen LogP contribution in [0, 0.1) is 0 Å². The molecule has 4 nitrogen and oxygen atoms in total. The summed E-state index contributed by atoms with van der Waals surface area (Å²) in [4.78, 5) is 12.3. The molecular weight excluding hydrogens is 236 g/mol. The van der Waals surface area contributed by atoms with E-state index < -0.39 is 0 Å². The largest absolute Gasteiger partial charge is 0.492 e. The van der Waals surface area contributed by atoms with Crippen LogP contribution in [-0.4, -0.2) is 23.5 Å². The number of benzene rings is 1. The number of amides is 1. The molecule has 1 aromatic rings. The van der Waals surface area contributed by atoms with Gasteiger partial charge in [-0.05, 0) is 13.0 Å². The second-order valence-corrected chi connectivity index (χ2v) is 4.51. The number of ether oxygens (including phenoxy) is 1. The first kappa shape index (κ1) is 11.9. The van der Waals surface area contributed by atoms with Gasteiger partial charge in [0.05, 0.1) is 11.0 Å². The van der Waals surface area contributed by atoms with Gasteiger partial charge in [0.15, 0.2) is 0 Å². The summed E-state index contributed by atoms with van der Waals surface area (Å²) in [5.74, 6) is 0.397. The van der Waals surface area contributed by atoms with E-state index in [1.807, 2.05) is 24.3 Å². The number of rotatable bonds is 3. The van der Waals surface area contributed by atoms with Crippen molar-refractivity contribution in [3.8, 4) is 5.75 Å². The number of carbonyl (C=O) groups is 1. The van der Waals surface area contributed by atoms with Crippen LogP contribution in [0.25, 0.3) is 0 Å². The lowest BCUT2D eigenvalue weighted by atomic mass is 10.0. The quantitative estimate of drug-likeness (QED) is 0.784. The zero-order valence-electron chi connectivity index (χ0n) is 9.47. The lowest BCUT2D eigenvalue weighted by Crippen LogP contribution is -2.43. The van der Waals surface area contributed by atoms with Gasteiger partial charge in [0.25, 0.3) is 0 Å². The predicted molar refractivity (Wildman–Crippen MR) is 69.1 cm³/mol. The fourth-order valence-corrected chi connectivity index (χ4v) is 1.82. The van der Waals surface area contributed by atoms with Crippen molar-refractivity contribution in [2.75, 3.05) is 6.61 Å². The molecule has 0 radical (unpaired) electrons. The van der Waals surface area contributed by atoms with E-state index in [1.165, 1.54) is 0 Å². The summed E-state index contributed by atoms with van der Waals surface area (Å²) >= 11 is 4.82. The summed E-state index contributed by atoms with van der Waals surface area (Å²) in [6.45, 7) is 2.14. The Hall–Kier alpha value is -1.62. The first-order chi connectivity index (χ1) is 8.09. The molecule has 0 aromatic heterocycles. The molecule has 0 aliphatic carbocycles. The number of fused-ring (bicyclic) bond motifs is 1. The third-order valence-corrected chi connectivity index (χ3v) is 3.16. The van der Waals surface area contributed by atoms with Gasteiger partial charge in [0.1, 0.15) is 18.3 Å². The van der Waals surface area contributed by atoms with Gasteiger partial charge in [-0.2, -0.15) is 0 Å². The van der Waals surface area contributed by atoms with Gasteiger partial charge in [-0.25, -0.2) is 0 Å². The van der Waals surface area contributed by atoms with Crippen molar-refractivity contribution in [1.82, 2.24) is 5.32 Å². The number of nitrogens with two attached hydrogens (primary N) is 1. The normalized spacial score (nSPS) is 19.0. The Morgan fingerprint density at radius 1 is 1.59 bits per heavy atom. The third-order valence-electron chi connectivity index (χ3n) is 2.80. The molecule has 0 fully saturated rings. The Kier molecular flexibility index (Phi) is 3.28. The molecule has 17 heavy (non-hydrogen) atoms. The SMILES string of the molecule is CC(NC(=O)C1COc2ccccc21)C(N)=S. The van der Waals surface area contributed by atoms with Gasteiger partial charge in [0, 0.05) is 5.56 Å². The Bertz CT molecular complexity index is 462. The highest BCUT2D eigenvalue weighted by molar-refractivity contribution is 7.80. The summed E-state index contributed by atoms with van der Waals surface area (Å²) in [5, 5.41) is 2.78. The maximum Gasteiger partial charge on any atom is 0.231 e. The van der Waals surface area contributed by atoms with E-state index in [9.17, 15) is 4.79 Å². The van der Waals surface area contributed by atoms with Crippen molar-refractivity contribution >= 4 is 23.1 Å². The lowest BCUT2D eigenvalue weighted by Gasteiger charge is -2.15. The van der Waals surface area contributed by atoms with Crippen LogP contribution < -0.4 is 15.8 Å². The molecular formula is C12H14N2O2S. The van der Waals surface area contributed by atoms with Crippen molar-refractivity contribution in [2.45, 2.75) is 18.9 Å². The molecule has 1 aromatic carbocycles. The summed E-state index contributed by atoms with van der Waals surface area (Å²) < 4.78 is 5.45. The first-order valence-electron chi connectivity index (χ1n) is 5.41. The van der Waals surface area contributed by atoms with Crippen molar-refractivity contribution < 1.29 is 9.53 Å². The summed E-state index contributed by atoms with van der Waals surface area (Å²) in [5.41, 5.74) is 6.38. The van der Waals surface area contributed by atoms with Crippen LogP contribution in [0.5, 0.6) is 5.75 Å². The maximum absolute atomic E-state index is 12.0. The fourth-order valence-electron chi connectivity index (χ4n) is 1.76. The molecule has 1 amide bonds. The monoisotopic (exact) mass is 250 g/mol. The van der Waals surface area contributed by atoms with Crippen LogP contribution in [0.4, 0.5) is 0 Å². The molecule has 0 saturated heterocycles. The molecule has 0 saturated carbocycles. The van der Waals surface area contributed by atoms with Crippen LogP contribution in [-0.2, 0) is 4.79 Å². The number of thiocarbonyl (C=S) groups is 1. The molecule has 3 N–H and O–H groups in total. The van der Waals surface area contributed by atoms with Crippen molar-refractivity contribution in [3.63, 3.8) is 0 Å². The number of para-hydroxylation sites is 1. The van der Waals surface area contributed by atoms with Gasteiger partial charge in [-0.1, -0.05) is 30.4 Å². The van der Waals surface area contributed by atoms with Crippen molar-refractivity contribution in [2.24, 2.45) is 5.73 Å². The minimum Gasteiger partial charge on any atom is -0.492 e. The van der Waals surface area contributed by atoms with E-state index in [2.05, 4.69) is 5.32 Å². The Balaban J connectivity index is 2.10. The van der Waals surface area contributed by atoms with Crippen molar-refractivity contribution in [3.05, 3.63) is 29.8 Å². The fraction of sp³-hybridized carbons (Fsp3) is 0.333. The standard InChI is InChI=1S/C12H14N2O2S/c1-7(11(13)17)14-12(15)9-6-16-10-5-3-2-4-8(9)10/h2-5,7,9H,6H2,1H3,(H2,13,17)(H,14,15). The van der Waals surface area contributed by atoms with Gasteiger partial charge in [0.2, 0.25) is 5.91 Å². The van der Waals surface area contributed by atoms with E-state index in [1.54, 1.807) is 6.92 Å².